The predicted octanol–water partition coefficient (Wildman–Crippen LogP) is 6.35. The number of aliphatic hydroxyl groups excluding tert-OH is 1. The molecule has 2 N–H and O–H groups in total. The maximum atomic E-state index is 14.2. The third-order valence-electron chi connectivity index (χ3n) is 6.55. The molecule has 0 fully saturated rings. The molecule has 0 saturated heterocycles. The number of hydrogen-bond acceptors (Lipinski definition) is 5. The molecule has 0 spiro atoms. The summed E-state index contributed by atoms with van der Waals surface area (Å²) in [5.41, 5.74) is 1.99. The number of nitrogens with zero attached hydrogens (tertiary/aromatic N) is 1. The Bertz CT molecular complexity index is 1410. The summed E-state index contributed by atoms with van der Waals surface area (Å²) in [6, 6.07) is 34.5. The topological polar surface area (TPSA) is 80.2 Å². The highest BCUT2D eigenvalue weighted by Gasteiger charge is 2.53. The molecule has 5 rings (SSSR count). The largest absolute Gasteiger partial charge is 0.494 e. The van der Waals surface area contributed by atoms with Crippen LogP contribution in [0, 0.1) is 0 Å². The van der Waals surface area contributed by atoms with Gasteiger partial charge in [0.15, 0.2) is 11.6 Å². The Morgan fingerprint density at radius 2 is 1.59 bits per heavy atom. The number of aliphatic hydroxyl groups is 1. The number of aliphatic imine (C=N–C) groups is 1. The van der Waals surface area contributed by atoms with Gasteiger partial charge in [0.2, 0.25) is 5.90 Å². The number of benzene rings is 4. The summed E-state index contributed by atoms with van der Waals surface area (Å²) in [4.78, 5) is 19.3. The molecule has 39 heavy (non-hydrogen) atoms. The highest BCUT2D eigenvalue weighted by atomic mass is 79.9. The van der Waals surface area contributed by atoms with E-state index in [1.807, 2.05) is 109 Å². The minimum absolute atomic E-state index is 0.0785. The third-order valence-corrected chi connectivity index (χ3v) is 7.08. The normalized spacial score (nSPS) is 18.2. The van der Waals surface area contributed by atoms with Crippen LogP contribution in [0.2, 0.25) is 0 Å². The molecular weight excluding hydrogens is 556 g/mol. The van der Waals surface area contributed by atoms with Crippen LogP contribution in [-0.2, 0) is 16.0 Å². The van der Waals surface area contributed by atoms with Crippen molar-refractivity contribution in [2.24, 2.45) is 4.99 Å². The van der Waals surface area contributed by atoms with Gasteiger partial charge in [0.25, 0.3) is 5.91 Å². The lowest BCUT2D eigenvalue weighted by Gasteiger charge is -2.31. The molecule has 1 amide bonds. The van der Waals surface area contributed by atoms with Crippen LogP contribution in [0.15, 0.2) is 119 Å². The SMILES string of the molecule is O=C(Nc1ccccc1)[C@]1(Cc2ccc(Br)cc2)N=C(c2ccc(OCCCO)cc2)O[C@@H]1c1ccccc1. The fraction of sp³-hybridized carbons (Fsp3) is 0.188. The maximum Gasteiger partial charge on any atom is 0.257 e. The molecule has 4 aromatic carbocycles. The van der Waals surface area contributed by atoms with Crippen molar-refractivity contribution < 1.29 is 19.4 Å². The summed E-state index contributed by atoms with van der Waals surface area (Å²) < 4.78 is 13.2. The van der Waals surface area contributed by atoms with Crippen LogP contribution in [0.5, 0.6) is 5.75 Å². The van der Waals surface area contributed by atoms with Gasteiger partial charge < -0.3 is 19.9 Å². The number of amides is 1. The van der Waals surface area contributed by atoms with Crippen molar-refractivity contribution >= 4 is 33.4 Å². The second kappa shape index (κ2) is 12.3. The lowest BCUT2D eigenvalue weighted by molar-refractivity contribution is -0.123. The fourth-order valence-electron chi connectivity index (χ4n) is 4.58. The predicted molar refractivity (Wildman–Crippen MR) is 156 cm³/mol. The van der Waals surface area contributed by atoms with Gasteiger partial charge in [-0.3, -0.25) is 4.79 Å². The number of rotatable bonds is 10. The number of hydrogen-bond donors (Lipinski definition) is 2. The van der Waals surface area contributed by atoms with E-state index in [2.05, 4.69) is 21.2 Å². The minimum atomic E-state index is -1.27. The zero-order valence-corrected chi connectivity index (χ0v) is 22.9. The standard InChI is InChI=1S/C32H29BrN2O4/c33-26-16-12-23(13-17-26)22-32(31(37)34-27-10-5-2-6-11-27)29(24-8-3-1-4-9-24)39-30(35-32)25-14-18-28(19-15-25)38-21-7-20-36/h1-6,8-19,29,36H,7,20-22H2,(H,34,37)/t29-,32-/m1/s1. The van der Waals surface area contributed by atoms with Gasteiger partial charge >= 0.3 is 0 Å². The van der Waals surface area contributed by atoms with Crippen molar-refractivity contribution in [3.05, 3.63) is 130 Å². The monoisotopic (exact) mass is 584 g/mol. The molecule has 6 nitrogen and oxygen atoms in total. The highest BCUT2D eigenvalue weighted by Crippen LogP contribution is 2.43. The van der Waals surface area contributed by atoms with E-state index in [4.69, 9.17) is 19.6 Å². The van der Waals surface area contributed by atoms with E-state index in [0.717, 1.165) is 21.2 Å². The summed E-state index contributed by atoms with van der Waals surface area (Å²) in [5, 5.41) is 12.1. The molecule has 4 aromatic rings. The molecule has 0 aromatic heterocycles. The van der Waals surface area contributed by atoms with Crippen LogP contribution in [0.1, 0.15) is 29.2 Å². The number of nitrogens with one attached hydrogen (secondary N) is 1. The van der Waals surface area contributed by atoms with Gasteiger partial charge in [-0.25, -0.2) is 4.99 Å². The molecule has 0 radical (unpaired) electrons. The first kappa shape index (κ1) is 26.7. The Morgan fingerprint density at radius 3 is 2.26 bits per heavy atom. The van der Waals surface area contributed by atoms with Gasteiger partial charge in [0.1, 0.15) is 5.75 Å². The molecule has 7 heteroatoms. The molecule has 0 saturated carbocycles. The second-order valence-corrected chi connectivity index (χ2v) is 10.2. The van der Waals surface area contributed by atoms with Crippen LogP contribution < -0.4 is 10.1 Å². The van der Waals surface area contributed by atoms with Crippen molar-refractivity contribution in [3.8, 4) is 5.75 Å². The van der Waals surface area contributed by atoms with E-state index >= 15 is 0 Å². The molecular formula is C32H29BrN2O4. The first-order valence-electron chi connectivity index (χ1n) is 12.8. The van der Waals surface area contributed by atoms with E-state index in [-0.39, 0.29) is 12.5 Å². The summed E-state index contributed by atoms with van der Waals surface area (Å²) in [7, 11) is 0. The van der Waals surface area contributed by atoms with E-state index in [0.29, 0.717) is 36.8 Å². The summed E-state index contributed by atoms with van der Waals surface area (Å²) in [6.45, 7) is 0.508. The molecule has 1 aliphatic rings. The Labute approximate surface area is 236 Å². The molecule has 2 atom stereocenters. The molecule has 1 aliphatic heterocycles. The highest BCUT2D eigenvalue weighted by molar-refractivity contribution is 9.10. The van der Waals surface area contributed by atoms with E-state index in [1.165, 1.54) is 0 Å². The quantitative estimate of drug-likeness (QED) is 0.213. The fourth-order valence-corrected chi connectivity index (χ4v) is 4.85. The summed E-state index contributed by atoms with van der Waals surface area (Å²) in [5.74, 6) is 0.837. The average Bonchev–Trinajstić information content (AvgIpc) is 3.36. The molecule has 1 heterocycles. The molecule has 0 aliphatic carbocycles. The molecule has 0 bridgehead atoms. The van der Waals surface area contributed by atoms with Crippen LogP contribution in [0.25, 0.3) is 0 Å². The van der Waals surface area contributed by atoms with Crippen molar-refractivity contribution in [2.45, 2.75) is 24.5 Å². The molecule has 0 unspecified atom stereocenters. The first-order valence-corrected chi connectivity index (χ1v) is 13.6. The third kappa shape index (κ3) is 6.21. The van der Waals surface area contributed by atoms with E-state index in [1.54, 1.807) is 0 Å². The van der Waals surface area contributed by atoms with E-state index < -0.39 is 11.6 Å². The van der Waals surface area contributed by atoms with Crippen molar-refractivity contribution in [3.63, 3.8) is 0 Å². The average molecular weight is 585 g/mol. The lowest BCUT2D eigenvalue weighted by Crippen LogP contribution is -2.46. The van der Waals surface area contributed by atoms with Gasteiger partial charge in [0, 0.05) is 35.2 Å². The number of carbonyl (C=O) groups excluding carboxylic acids is 1. The van der Waals surface area contributed by atoms with Crippen LogP contribution in [0.4, 0.5) is 5.69 Å². The smallest absolute Gasteiger partial charge is 0.257 e. The van der Waals surface area contributed by atoms with Crippen LogP contribution >= 0.6 is 15.9 Å². The Hall–Kier alpha value is -3.94. The van der Waals surface area contributed by atoms with Gasteiger partial charge in [-0.05, 0) is 59.7 Å². The lowest BCUT2D eigenvalue weighted by atomic mass is 9.82. The van der Waals surface area contributed by atoms with Gasteiger partial charge in [0.05, 0.1) is 6.61 Å². The minimum Gasteiger partial charge on any atom is -0.494 e. The van der Waals surface area contributed by atoms with E-state index in [9.17, 15) is 4.79 Å². The Balaban J connectivity index is 1.57. The maximum absolute atomic E-state index is 14.2. The number of ether oxygens (including phenoxy) is 2. The number of carbonyl (C=O) groups is 1. The Kier molecular flexibility index (Phi) is 8.39. The number of halogens is 1. The van der Waals surface area contributed by atoms with Crippen LogP contribution in [0.3, 0.4) is 0 Å². The number of para-hydroxylation sites is 1. The zero-order valence-electron chi connectivity index (χ0n) is 21.3. The van der Waals surface area contributed by atoms with Gasteiger partial charge in [-0.15, -0.1) is 0 Å². The summed E-state index contributed by atoms with van der Waals surface area (Å²) >= 11 is 3.50. The number of anilines is 1. The first-order chi connectivity index (χ1) is 19.1. The van der Waals surface area contributed by atoms with Crippen molar-refractivity contribution in [1.82, 2.24) is 0 Å². The zero-order chi connectivity index (χ0) is 27.1. The second-order valence-electron chi connectivity index (χ2n) is 9.32. The summed E-state index contributed by atoms with van der Waals surface area (Å²) in [6.07, 6.45) is 0.247. The van der Waals surface area contributed by atoms with Crippen molar-refractivity contribution in [1.29, 1.82) is 0 Å². The Morgan fingerprint density at radius 1 is 0.923 bits per heavy atom. The molecule has 198 valence electrons. The van der Waals surface area contributed by atoms with Gasteiger partial charge in [-0.1, -0.05) is 76.6 Å². The van der Waals surface area contributed by atoms with Crippen LogP contribution in [-0.4, -0.2) is 35.7 Å². The van der Waals surface area contributed by atoms with Crippen molar-refractivity contribution in [2.75, 3.05) is 18.5 Å². The van der Waals surface area contributed by atoms with Gasteiger partial charge in [-0.2, -0.15) is 0 Å².